The third-order valence-corrected chi connectivity index (χ3v) is 0.688. The van der Waals surface area contributed by atoms with E-state index in [0.717, 1.165) is 0 Å². The zero-order chi connectivity index (χ0) is 7.11. The number of aromatic nitrogens is 1. The maximum absolute atomic E-state index is 5.25. The van der Waals surface area contributed by atoms with Gasteiger partial charge in [0.25, 0.3) is 0 Å². The van der Waals surface area contributed by atoms with Gasteiger partial charge in [0.05, 0.1) is 0 Å². The Balaban J connectivity index is 0.000000291. The summed E-state index contributed by atoms with van der Waals surface area (Å²) >= 11 is 3.83. The molecule has 48 valence electrons. The minimum absolute atomic E-state index is 0.572. The maximum atomic E-state index is 5.25. The molecule has 0 saturated carbocycles. The smallest absolute Gasteiger partial charge is 0.123 e. The predicted molar refractivity (Wildman–Crippen MR) is 43.4 cm³/mol. The molecule has 0 fully saturated rings. The van der Waals surface area contributed by atoms with E-state index in [9.17, 15) is 0 Å². The van der Waals surface area contributed by atoms with Crippen LogP contribution in [0.25, 0.3) is 0 Å². The molecule has 0 aromatic carbocycles. The zero-order valence-corrected chi connectivity index (χ0v) is 5.77. The quantitative estimate of drug-likeness (QED) is 0.552. The molecule has 0 atom stereocenters. The van der Waals surface area contributed by atoms with E-state index in [4.69, 9.17) is 5.73 Å². The van der Waals surface area contributed by atoms with E-state index in [1.807, 2.05) is 12.1 Å². The number of thiocarbonyl (C=S) groups is 1. The first-order valence-electron chi connectivity index (χ1n) is 2.35. The first-order chi connectivity index (χ1) is 4.39. The van der Waals surface area contributed by atoms with Crippen LogP contribution in [0.1, 0.15) is 0 Å². The first-order valence-corrected chi connectivity index (χ1v) is 2.93. The van der Waals surface area contributed by atoms with E-state index in [1.54, 1.807) is 12.3 Å². The molecule has 3 heteroatoms. The highest BCUT2D eigenvalue weighted by Gasteiger charge is 1.73. The van der Waals surface area contributed by atoms with Crippen LogP contribution in [-0.2, 0) is 0 Å². The molecule has 0 unspecified atom stereocenters. The minimum atomic E-state index is 0.572. The molecule has 9 heavy (non-hydrogen) atoms. The lowest BCUT2D eigenvalue weighted by Crippen LogP contribution is -1.85. The van der Waals surface area contributed by atoms with Gasteiger partial charge in [-0.3, -0.25) is 0 Å². The van der Waals surface area contributed by atoms with Crippen molar-refractivity contribution in [1.29, 1.82) is 0 Å². The van der Waals surface area contributed by atoms with Gasteiger partial charge < -0.3 is 5.73 Å². The summed E-state index contributed by atoms with van der Waals surface area (Å²) in [5.41, 5.74) is 5.25. The lowest BCUT2D eigenvalue weighted by Gasteiger charge is -1.82. The van der Waals surface area contributed by atoms with Gasteiger partial charge in [0.2, 0.25) is 0 Å². The largest absolute Gasteiger partial charge is 0.384 e. The summed E-state index contributed by atoms with van der Waals surface area (Å²) in [5.74, 6) is 3.41. The highest BCUT2D eigenvalue weighted by atomic mass is 32.1. The number of pyridine rings is 1. The Kier molecular flexibility index (Phi) is 4.63. The van der Waals surface area contributed by atoms with Gasteiger partial charge in [0.1, 0.15) is 5.82 Å². The van der Waals surface area contributed by atoms with Gasteiger partial charge in [-0.15, -0.1) is 0 Å². The van der Waals surface area contributed by atoms with Crippen molar-refractivity contribution < 1.29 is 0 Å². The van der Waals surface area contributed by atoms with E-state index in [0.29, 0.717) is 5.82 Å². The molecular weight excluding hydrogens is 132 g/mol. The lowest BCUT2D eigenvalue weighted by molar-refractivity contribution is 1.34. The fraction of sp³-hybridized carbons (Fsp3) is 0. The molecule has 0 aliphatic rings. The summed E-state index contributed by atoms with van der Waals surface area (Å²) in [6.45, 7) is 0. The predicted octanol–water partition coefficient (Wildman–Crippen LogP) is 1.28. The van der Waals surface area contributed by atoms with Crippen molar-refractivity contribution in [3.05, 3.63) is 24.4 Å². The number of anilines is 1. The number of rotatable bonds is 0. The molecule has 0 radical (unpaired) electrons. The number of hydrogen-bond acceptors (Lipinski definition) is 3. The Labute approximate surface area is 59.7 Å². The van der Waals surface area contributed by atoms with E-state index in [2.05, 4.69) is 23.1 Å². The monoisotopic (exact) mass is 140 g/mol. The van der Waals surface area contributed by atoms with E-state index >= 15 is 0 Å². The zero-order valence-electron chi connectivity index (χ0n) is 4.95. The Morgan fingerprint density at radius 1 is 1.44 bits per heavy atom. The van der Waals surface area contributed by atoms with Gasteiger partial charge in [0.15, 0.2) is 0 Å². The van der Waals surface area contributed by atoms with Crippen molar-refractivity contribution >= 4 is 23.9 Å². The van der Waals surface area contributed by atoms with Crippen LogP contribution in [0, 0.1) is 0 Å². The molecule has 1 rings (SSSR count). The van der Waals surface area contributed by atoms with E-state index in [1.165, 1.54) is 0 Å². The highest BCUT2D eigenvalue weighted by molar-refractivity contribution is 7.77. The third-order valence-electron chi connectivity index (χ3n) is 0.688. The van der Waals surface area contributed by atoms with Crippen LogP contribution in [0.15, 0.2) is 24.4 Å². The second-order valence-corrected chi connectivity index (χ2v) is 1.25. The van der Waals surface area contributed by atoms with Crippen molar-refractivity contribution in [3.8, 4) is 0 Å². The second kappa shape index (κ2) is 5.18. The first kappa shape index (κ1) is 8.04. The van der Waals surface area contributed by atoms with Crippen LogP contribution in [0.2, 0.25) is 0 Å². The van der Waals surface area contributed by atoms with E-state index in [-0.39, 0.29) is 0 Å². The molecule has 0 saturated heterocycles. The van der Waals surface area contributed by atoms with Gasteiger partial charge in [-0.05, 0) is 18.0 Å². The Hall–Kier alpha value is -0.960. The SMILES string of the molecule is C=S.Nc1ccccn1. The second-order valence-electron chi connectivity index (χ2n) is 1.25. The summed E-state index contributed by atoms with van der Waals surface area (Å²) in [5, 5.41) is 0. The van der Waals surface area contributed by atoms with Gasteiger partial charge in [-0.25, -0.2) is 4.98 Å². The van der Waals surface area contributed by atoms with Gasteiger partial charge in [0, 0.05) is 6.20 Å². The van der Waals surface area contributed by atoms with Gasteiger partial charge >= 0.3 is 0 Å². The molecule has 2 nitrogen and oxygen atoms in total. The Bertz CT molecular complexity index is 152. The molecule has 0 amide bonds. The van der Waals surface area contributed by atoms with Crippen molar-refractivity contribution in [3.63, 3.8) is 0 Å². The van der Waals surface area contributed by atoms with Crippen LogP contribution < -0.4 is 5.73 Å². The molecule has 1 aromatic heterocycles. The number of nitrogens with zero attached hydrogens (tertiary/aromatic N) is 1. The van der Waals surface area contributed by atoms with E-state index < -0.39 is 0 Å². The topological polar surface area (TPSA) is 38.9 Å². The summed E-state index contributed by atoms with van der Waals surface area (Å²) in [6.07, 6.45) is 1.66. The molecule has 0 aliphatic carbocycles. The Morgan fingerprint density at radius 3 is 2.33 bits per heavy atom. The Morgan fingerprint density at radius 2 is 2.11 bits per heavy atom. The average molecular weight is 140 g/mol. The molecule has 0 bridgehead atoms. The molecular formula is C6H8N2S. The van der Waals surface area contributed by atoms with Crippen LogP contribution in [-0.4, -0.2) is 10.9 Å². The summed E-state index contributed by atoms with van der Waals surface area (Å²) in [4.78, 5) is 3.76. The van der Waals surface area contributed by atoms with Gasteiger partial charge in [-0.2, -0.15) is 0 Å². The summed E-state index contributed by atoms with van der Waals surface area (Å²) in [6, 6.07) is 5.43. The van der Waals surface area contributed by atoms with Crippen molar-refractivity contribution in [2.75, 3.05) is 5.73 Å². The van der Waals surface area contributed by atoms with Crippen molar-refractivity contribution in [1.82, 2.24) is 4.98 Å². The molecule has 0 spiro atoms. The van der Waals surface area contributed by atoms with Gasteiger partial charge in [-0.1, -0.05) is 18.3 Å². The van der Waals surface area contributed by atoms with Crippen LogP contribution >= 0.6 is 12.2 Å². The summed E-state index contributed by atoms with van der Waals surface area (Å²) < 4.78 is 0. The van der Waals surface area contributed by atoms with Crippen LogP contribution in [0.3, 0.4) is 0 Å². The number of nitrogens with two attached hydrogens (primary N) is 1. The summed E-state index contributed by atoms with van der Waals surface area (Å²) in [7, 11) is 0. The molecule has 2 N–H and O–H groups in total. The van der Waals surface area contributed by atoms with Crippen molar-refractivity contribution in [2.24, 2.45) is 0 Å². The number of hydrogen-bond donors (Lipinski definition) is 1. The number of nitrogen functional groups attached to an aromatic ring is 1. The minimum Gasteiger partial charge on any atom is -0.384 e. The van der Waals surface area contributed by atoms with Crippen molar-refractivity contribution in [2.45, 2.75) is 0 Å². The fourth-order valence-electron chi connectivity index (χ4n) is 0.376. The van der Waals surface area contributed by atoms with Crippen LogP contribution in [0.4, 0.5) is 5.82 Å². The maximum Gasteiger partial charge on any atom is 0.123 e. The normalized spacial score (nSPS) is 7.11. The molecule has 1 heterocycles. The molecule has 0 aliphatic heterocycles. The average Bonchev–Trinajstić information content (AvgIpc) is 1.94. The highest BCUT2D eigenvalue weighted by Crippen LogP contribution is 1.89. The molecule has 1 aromatic rings. The fourth-order valence-corrected chi connectivity index (χ4v) is 0.376. The van der Waals surface area contributed by atoms with Crippen LogP contribution in [0.5, 0.6) is 0 Å². The standard InChI is InChI=1S/C5H6N2.CH2S/c6-5-3-1-2-4-7-5;1-2/h1-4H,(H2,6,7);1H2. The lowest BCUT2D eigenvalue weighted by atomic mass is 10.5. The third kappa shape index (κ3) is 3.61.